The first-order valence-electron chi connectivity index (χ1n) is 9.77. The molecule has 1 aliphatic rings. The summed E-state index contributed by atoms with van der Waals surface area (Å²) in [5.74, 6) is 1.78. The fraction of sp³-hybridized carbons (Fsp3) is 0.0833. The van der Waals surface area contributed by atoms with Gasteiger partial charge in [-0.15, -0.1) is 0 Å². The summed E-state index contributed by atoms with van der Waals surface area (Å²) in [5, 5.41) is 6.91. The molecule has 160 valence electrons. The third kappa shape index (κ3) is 4.15. The first kappa shape index (κ1) is 20.4. The van der Waals surface area contributed by atoms with Gasteiger partial charge in [0.2, 0.25) is 6.10 Å². The number of hydrogen-bond acceptors (Lipinski definition) is 5. The van der Waals surface area contributed by atoms with Crippen LogP contribution in [0.4, 0.5) is 0 Å². The molecular formula is C24H16Cl2N2O4. The first-order chi connectivity index (χ1) is 15.6. The normalized spacial score (nSPS) is 15.2. The van der Waals surface area contributed by atoms with Crippen LogP contribution in [0.15, 0.2) is 76.2 Å². The number of fused-ring (bicyclic) bond motifs is 2. The Morgan fingerprint density at radius 1 is 0.969 bits per heavy atom. The highest BCUT2D eigenvalue weighted by Crippen LogP contribution is 2.36. The predicted octanol–water partition coefficient (Wildman–Crippen LogP) is 5.70. The van der Waals surface area contributed by atoms with E-state index in [1.54, 1.807) is 30.3 Å². The van der Waals surface area contributed by atoms with E-state index < -0.39 is 12.0 Å². The van der Waals surface area contributed by atoms with Crippen LogP contribution in [0.25, 0.3) is 22.1 Å². The smallest absolute Gasteiger partial charge is 0.284 e. The van der Waals surface area contributed by atoms with Gasteiger partial charge >= 0.3 is 0 Å². The molecule has 0 aliphatic carbocycles. The van der Waals surface area contributed by atoms with Gasteiger partial charge in [0.05, 0.1) is 16.3 Å². The lowest BCUT2D eigenvalue weighted by Crippen LogP contribution is -2.42. The molecule has 8 heteroatoms. The van der Waals surface area contributed by atoms with Crippen molar-refractivity contribution in [2.45, 2.75) is 6.10 Å². The largest absolute Gasteiger partial charge is 0.485 e. The highest BCUT2D eigenvalue weighted by molar-refractivity contribution is 6.42. The van der Waals surface area contributed by atoms with Gasteiger partial charge in [-0.05, 0) is 53.2 Å². The van der Waals surface area contributed by atoms with Crippen molar-refractivity contribution in [1.82, 2.24) is 5.43 Å². The zero-order chi connectivity index (χ0) is 22.1. The Balaban J connectivity index is 1.23. The van der Waals surface area contributed by atoms with E-state index in [1.165, 1.54) is 6.21 Å². The van der Waals surface area contributed by atoms with Crippen LogP contribution in [0.1, 0.15) is 5.76 Å². The van der Waals surface area contributed by atoms with Crippen molar-refractivity contribution in [2.24, 2.45) is 5.10 Å². The number of carbonyl (C=O) groups excluding carboxylic acids is 1. The summed E-state index contributed by atoms with van der Waals surface area (Å²) in [6, 6.07) is 20.4. The van der Waals surface area contributed by atoms with E-state index in [2.05, 4.69) is 10.5 Å². The van der Waals surface area contributed by atoms with Crippen LogP contribution in [0.3, 0.4) is 0 Å². The molecule has 1 aliphatic heterocycles. The maximum absolute atomic E-state index is 12.5. The van der Waals surface area contributed by atoms with E-state index in [9.17, 15) is 4.79 Å². The number of halogens is 2. The molecular weight excluding hydrogens is 451 g/mol. The molecule has 6 nitrogen and oxygen atoms in total. The standard InChI is InChI=1S/C24H16Cl2N2O4/c25-18-7-5-16(9-19(18)26)20-8-6-17(31-20)12-27-28-24(29)23-13-30-21-10-14-3-1-2-4-15(14)11-22(21)32-23/h1-12,23H,13H2,(H,28,29). The Morgan fingerprint density at radius 3 is 2.53 bits per heavy atom. The van der Waals surface area contributed by atoms with Gasteiger partial charge in [-0.25, -0.2) is 5.43 Å². The summed E-state index contributed by atoms with van der Waals surface area (Å²) in [6.07, 6.45) is 0.591. The van der Waals surface area contributed by atoms with Crippen LogP contribution in [0, 0.1) is 0 Å². The van der Waals surface area contributed by atoms with Crippen LogP contribution in [-0.4, -0.2) is 24.8 Å². The SMILES string of the molecule is O=C(NN=Cc1ccc(-c2ccc(Cl)c(Cl)c2)o1)C1COc2cc3ccccc3cc2O1. The second-order valence-electron chi connectivity index (χ2n) is 7.13. The van der Waals surface area contributed by atoms with Gasteiger partial charge in [0, 0.05) is 5.56 Å². The van der Waals surface area contributed by atoms with E-state index >= 15 is 0 Å². The molecule has 2 heterocycles. The lowest BCUT2D eigenvalue weighted by atomic mass is 10.1. The molecule has 1 amide bonds. The Hall–Kier alpha value is -3.48. The number of hydrazone groups is 1. The lowest BCUT2D eigenvalue weighted by molar-refractivity contribution is -0.130. The van der Waals surface area contributed by atoms with Crippen molar-refractivity contribution < 1.29 is 18.7 Å². The molecule has 5 rings (SSSR count). The summed E-state index contributed by atoms with van der Waals surface area (Å²) < 4.78 is 17.3. The maximum atomic E-state index is 12.5. The first-order valence-corrected chi connectivity index (χ1v) is 10.5. The van der Waals surface area contributed by atoms with E-state index in [-0.39, 0.29) is 6.61 Å². The lowest BCUT2D eigenvalue weighted by Gasteiger charge is -2.25. The second-order valence-corrected chi connectivity index (χ2v) is 7.94. The average Bonchev–Trinajstić information content (AvgIpc) is 3.28. The molecule has 32 heavy (non-hydrogen) atoms. The quantitative estimate of drug-likeness (QED) is 0.309. The summed E-state index contributed by atoms with van der Waals surface area (Å²) in [7, 11) is 0. The van der Waals surface area contributed by atoms with E-state index in [4.69, 9.17) is 37.1 Å². The van der Waals surface area contributed by atoms with Crippen LogP contribution in [0.2, 0.25) is 10.0 Å². The van der Waals surface area contributed by atoms with Crippen LogP contribution in [-0.2, 0) is 4.79 Å². The topological polar surface area (TPSA) is 73.1 Å². The van der Waals surface area contributed by atoms with Crippen LogP contribution >= 0.6 is 23.2 Å². The maximum Gasteiger partial charge on any atom is 0.284 e. The molecule has 0 saturated heterocycles. The van der Waals surface area contributed by atoms with Crippen molar-refractivity contribution in [3.63, 3.8) is 0 Å². The number of ether oxygens (including phenoxy) is 2. The molecule has 3 aromatic carbocycles. The molecule has 0 spiro atoms. The highest BCUT2D eigenvalue weighted by Gasteiger charge is 2.27. The second kappa shape index (κ2) is 8.57. The number of benzene rings is 3. The predicted molar refractivity (Wildman–Crippen MR) is 124 cm³/mol. The molecule has 4 aromatic rings. The number of nitrogens with one attached hydrogen (secondary N) is 1. The third-order valence-corrected chi connectivity index (χ3v) is 5.70. The van der Waals surface area contributed by atoms with Gasteiger partial charge < -0.3 is 13.9 Å². The van der Waals surface area contributed by atoms with Gasteiger partial charge in [-0.3, -0.25) is 4.79 Å². The minimum absolute atomic E-state index is 0.0922. The van der Waals surface area contributed by atoms with E-state index in [0.29, 0.717) is 33.1 Å². The number of carbonyl (C=O) groups is 1. The van der Waals surface area contributed by atoms with Gasteiger partial charge in [-0.1, -0.05) is 47.5 Å². The van der Waals surface area contributed by atoms with E-state index in [1.807, 2.05) is 36.4 Å². The van der Waals surface area contributed by atoms with Crippen LogP contribution < -0.4 is 14.9 Å². The zero-order valence-corrected chi connectivity index (χ0v) is 18.1. The Morgan fingerprint density at radius 2 is 1.75 bits per heavy atom. The molecule has 1 aromatic heterocycles. The monoisotopic (exact) mass is 466 g/mol. The summed E-state index contributed by atoms with van der Waals surface area (Å²) >= 11 is 12.0. The minimum Gasteiger partial charge on any atom is -0.485 e. The molecule has 0 radical (unpaired) electrons. The Kier molecular flexibility index (Phi) is 5.47. The summed E-state index contributed by atoms with van der Waals surface area (Å²) in [4.78, 5) is 12.5. The summed E-state index contributed by atoms with van der Waals surface area (Å²) in [6.45, 7) is 0.0922. The van der Waals surface area contributed by atoms with Gasteiger partial charge in [0.1, 0.15) is 18.1 Å². The fourth-order valence-corrected chi connectivity index (χ4v) is 3.64. The number of rotatable bonds is 4. The van der Waals surface area contributed by atoms with Gasteiger partial charge in [-0.2, -0.15) is 5.10 Å². The fourth-order valence-electron chi connectivity index (χ4n) is 3.34. The highest BCUT2D eigenvalue weighted by atomic mass is 35.5. The van der Waals surface area contributed by atoms with E-state index in [0.717, 1.165) is 16.3 Å². The molecule has 1 N–H and O–H groups in total. The average molecular weight is 467 g/mol. The number of furan rings is 1. The molecule has 0 saturated carbocycles. The molecule has 1 unspecified atom stereocenters. The molecule has 0 bridgehead atoms. The molecule has 0 fully saturated rings. The van der Waals surface area contributed by atoms with Gasteiger partial charge in [0.25, 0.3) is 5.91 Å². The number of nitrogens with zero attached hydrogens (tertiary/aromatic N) is 1. The van der Waals surface area contributed by atoms with Crippen molar-refractivity contribution in [2.75, 3.05) is 6.61 Å². The van der Waals surface area contributed by atoms with Crippen molar-refractivity contribution >= 4 is 46.1 Å². The number of hydrogen-bond donors (Lipinski definition) is 1. The molecule has 1 atom stereocenters. The van der Waals surface area contributed by atoms with Crippen molar-refractivity contribution in [1.29, 1.82) is 0 Å². The number of amides is 1. The third-order valence-electron chi connectivity index (χ3n) is 4.96. The Bertz CT molecular complexity index is 1350. The van der Waals surface area contributed by atoms with Crippen molar-refractivity contribution in [3.05, 3.63) is 82.5 Å². The van der Waals surface area contributed by atoms with Crippen molar-refractivity contribution in [3.8, 4) is 22.8 Å². The Labute approximate surface area is 193 Å². The van der Waals surface area contributed by atoms with Crippen LogP contribution in [0.5, 0.6) is 11.5 Å². The van der Waals surface area contributed by atoms with Gasteiger partial charge in [0.15, 0.2) is 11.5 Å². The minimum atomic E-state index is -0.816. The summed E-state index contributed by atoms with van der Waals surface area (Å²) in [5.41, 5.74) is 3.24. The zero-order valence-electron chi connectivity index (χ0n) is 16.5.